The molecule has 1 aromatic carbocycles. The van der Waals surface area contributed by atoms with Gasteiger partial charge in [0.05, 0.1) is 6.10 Å². The van der Waals surface area contributed by atoms with Crippen LogP contribution in [0.5, 0.6) is 0 Å². The molecule has 2 saturated carbocycles. The van der Waals surface area contributed by atoms with Gasteiger partial charge in [-0.05, 0) is 81.8 Å². The Balaban J connectivity index is 1.40. The van der Waals surface area contributed by atoms with Gasteiger partial charge in [0.1, 0.15) is 0 Å². The van der Waals surface area contributed by atoms with Gasteiger partial charge in [0.2, 0.25) is 0 Å². The third-order valence-corrected chi connectivity index (χ3v) is 6.91. The van der Waals surface area contributed by atoms with Crippen LogP contribution in [0, 0.1) is 17.8 Å². The summed E-state index contributed by atoms with van der Waals surface area (Å²) in [6.45, 7) is 2.69. The molecule has 0 N–H and O–H groups in total. The Bertz CT molecular complexity index is 684. The van der Waals surface area contributed by atoms with E-state index < -0.39 is 0 Å². The van der Waals surface area contributed by atoms with Gasteiger partial charge >= 0.3 is 0 Å². The van der Waals surface area contributed by atoms with Gasteiger partial charge in [-0.25, -0.2) is 0 Å². The smallest absolute Gasteiger partial charge is 0.253 e. The Morgan fingerprint density at radius 3 is 2.25 bits per heavy atom. The number of hydrogen-bond acceptors (Lipinski definition) is 4. The molecule has 5 nitrogen and oxygen atoms in total. The number of nitrogens with zero attached hydrogens (tertiary/aromatic N) is 3. The number of carbonyl (C=O) groups excluding carboxylic acids is 1. The van der Waals surface area contributed by atoms with Gasteiger partial charge in [-0.1, -0.05) is 0 Å². The van der Waals surface area contributed by atoms with Gasteiger partial charge in [0.25, 0.3) is 5.91 Å². The summed E-state index contributed by atoms with van der Waals surface area (Å²) in [5.74, 6) is 2.15. The maximum Gasteiger partial charge on any atom is 0.253 e. The minimum Gasteiger partial charge on any atom is -0.378 e. The number of fused-ring (bicyclic) bond motifs is 1. The summed E-state index contributed by atoms with van der Waals surface area (Å²) in [6, 6.07) is 8.45. The molecule has 3 fully saturated rings. The van der Waals surface area contributed by atoms with Crippen molar-refractivity contribution in [3.05, 3.63) is 29.8 Å². The Morgan fingerprint density at radius 2 is 1.68 bits per heavy atom. The number of hydrogen-bond donors (Lipinski definition) is 0. The highest BCUT2D eigenvalue weighted by atomic mass is 16.5. The lowest BCUT2D eigenvalue weighted by molar-refractivity contribution is -0.0493. The summed E-state index contributed by atoms with van der Waals surface area (Å²) in [5, 5.41) is 0. The Kier molecular flexibility index (Phi) is 5.66. The number of rotatable bonds is 6. The van der Waals surface area contributed by atoms with E-state index in [9.17, 15) is 4.79 Å². The van der Waals surface area contributed by atoms with Gasteiger partial charge in [0.15, 0.2) is 0 Å². The predicted octanol–water partition coefficient (Wildman–Crippen LogP) is 2.96. The lowest BCUT2D eigenvalue weighted by atomic mass is 9.77. The van der Waals surface area contributed by atoms with Crippen LogP contribution in [-0.2, 0) is 4.74 Å². The van der Waals surface area contributed by atoms with Crippen LogP contribution in [0.1, 0.15) is 36.0 Å². The molecule has 2 aliphatic carbocycles. The summed E-state index contributed by atoms with van der Waals surface area (Å²) >= 11 is 0. The molecule has 4 rings (SSSR count). The van der Waals surface area contributed by atoms with E-state index in [1.807, 2.05) is 38.4 Å². The lowest BCUT2D eigenvalue weighted by Crippen LogP contribution is -2.48. The molecule has 5 heteroatoms. The second-order valence-electron chi connectivity index (χ2n) is 9.49. The molecule has 0 unspecified atom stereocenters. The van der Waals surface area contributed by atoms with Crippen LogP contribution in [-0.4, -0.2) is 75.7 Å². The van der Waals surface area contributed by atoms with E-state index in [2.05, 4.69) is 28.8 Å². The predicted molar refractivity (Wildman–Crippen MR) is 113 cm³/mol. The summed E-state index contributed by atoms with van der Waals surface area (Å²) < 4.78 is 6.36. The quantitative estimate of drug-likeness (QED) is 0.754. The number of amides is 1. The largest absolute Gasteiger partial charge is 0.378 e. The molecule has 28 heavy (non-hydrogen) atoms. The molecule has 0 radical (unpaired) electrons. The van der Waals surface area contributed by atoms with E-state index in [4.69, 9.17) is 4.74 Å². The van der Waals surface area contributed by atoms with E-state index in [1.165, 1.54) is 12.8 Å². The summed E-state index contributed by atoms with van der Waals surface area (Å²) in [5.41, 5.74) is 1.92. The number of likely N-dealkylation sites (N-methyl/N-ethyl adjacent to an activating group) is 1. The minimum atomic E-state index is 0.177. The monoisotopic (exact) mass is 385 g/mol. The first-order chi connectivity index (χ1) is 13.4. The lowest BCUT2D eigenvalue weighted by Gasteiger charge is -2.41. The van der Waals surface area contributed by atoms with Crippen molar-refractivity contribution in [1.82, 2.24) is 9.80 Å². The molecule has 0 bridgehead atoms. The van der Waals surface area contributed by atoms with Gasteiger partial charge < -0.3 is 19.4 Å². The molecule has 1 heterocycles. The highest BCUT2D eigenvalue weighted by Gasteiger charge is 2.45. The van der Waals surface area contributed by atoms with Gasteiger partial charge in [0, 0.05) is 51.1 Å². The average molecular weight is 386 g/mol. The number of anilines is 1. The molecular weight excluding hydrogens is 350 g/mol. The van der Waals surface area contributed by atoms with Crippen LogP contribution in [0.2, 0.25) is 0 Å². The number of carbonyl (C=O) groups is 1. The van der Waals surface area contributed by atoms with Crippen LogP contribution in [0.25, 0.3) is 0 Å². The molecule has 3 aliphatic rings. The van der Waals surface area contributed by atoms with E-state index >= 15 is 0 Å². The summed E-state index contributed by atoms with van der Waals surface area (Å²) in [4.78, 5) is 19.5. The van der Waals surface area contributed by atoms with Crippen LogP contribution in [0.4, 0.5) is 5.69 Å². The molecule has 1 aliphatic heterocycles. The average Bonchev–Trinajstić information content (AvgIpc) is 3.42. The van der Waals surface area contributed by atoms with E-state index in [-0.39, 0.29) is 5.91 Å². The topological polar surface area (TPSA) is 36.0 Å². The molecule has 154 valence electrons. The van der Waals surface area contributed by atoms with Crippen molar-refractivity contribution in [2.24, 2.45) is 17.8 Å². The second kappa shape index (κ2) is 8.03. The first-order valence-electron chi connectivity index (χ1n) is 10.8. The molecule has 1 aromatic rings. The molecule has 1 saturated heterocycles. The third-order valence-electron chi connectivity index (χ3n) is 6.91. The molecule has 4 atom stereocenters. The van der Waals surface area contributed by atoms with Crippen molar-refractivity contribution in [1.29, 1.82) is 0 Å². The standard InChI is InChI=1S/C23H35N3O2/c1-24(2)20-9-7-17(8-10-20)23(27)26-13-18-11-21(25(3)4)22(12-19(18)14-26)28-15-16-5-6-16/h7-10,16,18-19,21-22H,5-6,11-15H2,1-4H3/t18-,19+,21-,22-/m1/s1. The van der Waals surface area contributed by atoms with Crippen LogP contribution >= 0.6 is 0 Å². The fourth-order valence-corrected chi connectivity index (χ4v) is 4.91. The maximum absolute atomic E-state index is 13.1. The zero-order chi connectivity index (χ0) is 19.8. The number of ether oxygens (including phenoxy) is 1. The van der Waals surface area contributed by atoms with Crippen LogP contribution in [0.3, 0.4) is 0 Å². The van der Waals surface area contributed by atoms with Gasteiger partial charge in [-0.3, -0.25) is 4.79 Å². The highest BCUT2D eigenvalue weighted by Crippen LogP contribution is 2.40. The first-order valence-corrected chi connectivity index (χ1v) is 10.8. The van der Waals surface area contributed by atoms with Crippen molar-refractivity contribution >= 4 is 11.6 Å². The van der Waals surface area contributed by atoms with Crippen LogP contribution < -0.4 is 4.90 Å². The summed E-state index contributed by atoms with van der Waals surface area (Å²) in [7, 11) is 8.38. The first kappa shape index (κ1) is 19.7. The summed E-state index contributed by atoms with van der Waals surface area (Å²) in [6.07, 6.45) is 5.20. The zero-order valence-corrected chi connectivity index (χ0v) is 17.8. The zero-order valence-electron chi connectivity index (χ0n) is 17.8. The Morgan fingerprint density at radius 1 is 1.04 bits per heavy atom. The Hall–Kier alpha value is -1.59. The maximum atomic E-state index is 13.1. The van der Waals surface area contributed by atoms with Crippen LogP contribution in [0.15, 0.2) is 24.3 Å². The third kappa shape index (κ3) is 4.20. The van der Waals surface area contributed by atoms with E-state index in [0.717, 1.165) is 49.7 Å². The number of likely N-dealkylation sites (tertiary alicyclic amines) is 1. The number of benzene rings is 1. The van der Waals surface area contributed by atoms with Gasteiger partial charge in [-0.2, -0.15) is 0 Å². The molecular formula is C23H35N3O2. The SMILES string of the molecule is CN(C)c1ccc(C(=O)N2C[C@H]3C[C@@H](N(C)C)[C@H](OCC4CC4)C[C@H]3C2)cc1. The van der Waals surface area contributed by atoms with Crippen molar-refractivity contribution in [2.45, 2.75) is 37.8 Å². The van der Waals surface area contributed by atoms with Crippen molar-refractivity contribution in [2.75, 3.05) is 52.8 Å². The van der Waals surface area contributed by atoms with Crippen molar-refractivity contribution in [3.8, 4) is 0 Å². The minimum absolute atomic E-state index is 0.177. The van der Waals surface area contributed by atoms with E-state index in [0.29, 0.717) is 24.0 Å². The normalized spacial score (nSPS) is 29.8. The molecule has 1 amide bonds. The molecule has 0 aromatic heterocycles. The Labute approximate surface area is 169 Å². The second-order valence-corrected chi connectivity index (χ2v) is 9.49. The highest BCUT2D eigenvalue weighted by molar-refractivity contribution is 5.94. The molecule has 0 spiro atoms. The van der Waals surface area contributed by atoms with Crippen molar-refractivity contribution in [3.63, 3.8) is 0 Å². The fraction of sp³-hybridized carbons (Fsp3) is 0.696. The van der Waals surface area contributed by atoms with E-state index in [1.54, 1.807) is 0 Å². The van der Waals surface area contributed by atoms with Gasteiger partial charge in [-0.15, -0.1) is 0 Å². The van der Waals surface area contributed by atoms with Crippen molar-refractivity contribution < 1.29 is 9.53 Å². The fourth-order valence-electron chi connectivity index (χ4n) is 4.91.